The van der Waals surface area contributed by atoms with Gasteiger partial charge in [0.05, 0.1) is 10.2 Å². The van der Waals surface area contributed by atoms with Crippen LogP contribution in [0.3, 0.4) is 0 Å². The van der Waals surface area contributed by atoms with Crippen LogP contribution in [0.15, 0.2) is 6.20 Å². The highest BCUT2D eigenvalue weighted by atomic mass is 79.9. The van der Waals surface area contributed by atoms with Gasteiger partial charge in [-0.2, -0.15) is 5.10 Å². The van der Waals surface area contributed by atoms with E-state index in [9.17, 15) is 0 Å². The van der Waals surface area contributed by atoms with Gasteiger partial charge in [0, 0.05) is 24.4 Å². The summed E-state index contributed by atoms with van der Waals surface area (Å²) in [6, 6.07) is 0.593. The number of rotatable bonds is 2. The zero-order valence-corrected chi connectivity index (χ0v) is 10.8. The van der Waals surface area contributed by atoms with E-state index in [1.807, 2.05) is 0 Å². The number of nitrogens with one attached hydrogen (secondary N) is 1. The normalized spacial score (nSPS) is 21.6. The lowest BCUT2D eigenvalue weighted by Crippen LogP contribution is -2.31. The number of nitrogens with two attached hydrogens (primary N) is 1. The van der Waals surface area contributed by atoms with Crippen molar-refractivity contribution in [3.63, 3.8) is 0 Å². The molecule has 0 radical (unpaired) electrons. The van der Waals surface area contributed by atoms with Crippen LogP contribution in [0.5, 0.6) is 0 Å². The molecule has 1 unspecified atom stereocenters. The zero-order valence-electron chi connectivity index (χ0n) is 9.20. The van der Waals surface area contributed by atoms with Crippen LogP contribution in [0.4, 0.5) is 5.82 Å². The molecule has 3 N–H and O–H groups in total. The Bertz CT molecular complexity index is 447. The molecular formula is C11H15BrN4. The van der Waals surface area contributed by atoms with Gasteiger partial charge < -0.3 is 10.6 Å². The number of hydrogen-bond acceptors (Lipinski definition) is 3. The topological polar surface area (TPSA) is 57.9 Å². The molecule has 16 heavy (non-hydrogen) atoms. The van der Waals surface area contributed by atoms with Gasteiger partial charge in [0.25, 0.3) is 0 Å². The molecule has 1 saturated carbocycles. The van der Waals surface area contributed by atoms with E-state index in [-0.39, 0.29) is 0 Å². The third-order valence-electron chi connectivity index (χ3n) is 3.59. The molecule has 1 aliphatic heterocycles. The minimum Gasteiger partial charge on any atom is -0.382 e. The fraction of sp³-hybridized carbons (Fsp3) is 0.545. The van der Waals surface area contributed by atoms with E-state index in [0.29, 0.717) is 11.9 Å². The molecule has 1 atom stereocenters. The van der Waals surface area contributed by atoms with E-state index in [1.165, 1.54) is 12.8 Å². The third-order valence-corrected chi connectivity index (χ3v) is 4.19. The van der Waals surface area contributed by atoms with Crippen molar-refractivity contribution in [2.75, 3.05) is 5.73 Å². The second-order valence-electron chi connectivity index (χ2n) is 4.69. The summed E-state index contributed by atoms with van der Waals surface area (Å²) in [5, 5.41) is 7.02. The first-order valence-corrected chi connectivity index (χ1v) is 6.42. The van der Waals surface area contributed by atoms with Gasteiger partial charge in [0.15, 0.2) is 5.82 Å². The largest absolute Gasteiger partial charge is 0.382 e. The molecule has 2 heterocycles. The molecule has 0 spiro atoms. The van der Waals surface area contributed by atoms with Crippen molar-refractivity contribution < 1.29 is 0 Å². The lowest BCUT2D eigenvalue weighted by Gasteiger charge is -2.31. The van der Waals surface area contributed by atoms with Crippen molar-refractivity contribution in [2.45, 2.75) is 32.4 Å². The van der Waals surface area contributed by atoms with Gasteiger partial charge in [-0.05, 0) is 41.6 Å². The number of hydrogen-bond donors (Lipinski definition) is 2. The maximum Gasteiger partial charge on any atom is 0.150 e. The number of fused-ring (bicyclic) bond motifs is 1. The Hall–Kier alpha value is -0.970. The predicted molar refractivity (Wildman–Crippen MR) is 67.6 cm³/mol. The van der Waals surface area contributed by atoms with Crippen LogP contribution in [-0.2, 0) is 6.54 Å². The van der Waals surface area contributed by atoms with E-state index in [2.05, 4.69) is 44.2 Å². The Morgan fingerprint density at radius 3 is 3.06 bits per heavy atom. The molecule has 2 aliphatic rings. The average molecular weight is 283 g/mol. The van der Waals surface area contributed by atoms with Crippen LogP contribution in [-0.4, -0.2) is 21.1 Å². The van der Waals surface area contributed by atoms with E-state index in [0.717, 1.165) is 28.2 Å². The summed E-state index contributed by atoms with van der Waals surface area (Å²) in [5.74, 6) is 1.47. The fourth-order valence-corrected chi connectivity index (χ4v) is 2.88. The molecule has 1 fully saturated rings. The van der Waals surface area contributed by atoms with Crippen LogP contribution in [0.2, 0.25) is 0 Å². The van der Waals surface area contributed by atoms with Gasteiger partial charge in [-0.3, -0.25) is 5.10 Å². The van der Waals surface area contributed by atoms with Crippen molar-refractivity contribution >= 4 is 26.2 Å². The Balaban J connectivity index is 1.91. The first kappa shape index (κ1) is 10.2. The van der Waals surface area contributed by atoms with Crippen molar-refractivity contribution in [3.05, 3.63) is 17.5 Å². The van der Waals surface area contributed by atoms with E-state index < -0.39 is 0 Å². The van der Waals surface area contributed by atoms with Crippen LogP contribution in [0.1, 0.15) is 31.0 Å². The Labute approximate surface area is 103 Å². The molecule has 3 rings (SSSR count). The van der Waals surface area contributed by atoms with E-state index in [1.54, 1.807) is 0 Å². The van der Waals surface area contributed by atoms with Gasteiger partial charge >= 0.3 is 0 Å². The molecule has 1 aromatic heterocycles. The zero-order chi connectivity index (χ0) is 11.3. The standard InChI is InChI=1S/C11H15BrN4/c1-6(7-2-3-7)16-4-8-10(9(12)5-16)14-15-11(8)13/h5-7H,2-4H2,1H3,(H3,13,14,15). The lowest BCUT2D eigenvalue weighted by molar-refractivity contribution is 0.258. The number of aromatic nitrogens is 2. The smallest absolute Gasteiger partial charge is 0.150 e. The summed E-state index contributed by atoms with van der Waals surface area (Å²) >= 11 is 3.57. The van der Waals surface area contributed by atoms with Gasteiger partial charge in [-0.25, -0.2) is 0 Å². The molecule has 5 heteroatoms. The molecule has 1 aliphatic carbocycles. The van der Waals surface area contributed by atoms with Gasteiger partial charge in [-0.1, -0.05) is 0 Å². The third kappa shape index (κ3) is 1.54. The van der Waals surface area contributed by atoms with Gasteiger partial charge in [-0.15, -0.1) is 0 Å². The fourth-order valence-electron chi connectivity index (χ4n) is 2.29. The second-order valence-corrected chi connectivity index (χ2v) is 5.54. The van der Waals surface area contributed by atoms with Crippen molar-refractivity contribution in [1.29, 1.82) is 0 Å². The van der Waals surface area contributed by atoms with Crippen molar-refractivity contribution in [3.8, 4) is 0 Å². The summed E-state index contributed by atoms with van der Waals surface area (Å²) in [6.45, 7) is 3.15. The maximum absolute atomic E-state index is 5.86. The summed E-state index contributed by atoms with van der Waals surface area (Å²) in [6.07, 6.45) is 4.87. The number of halogens is 1. The molecular weight excluding hydrogens is 268 g/mol. The van der Waals surface area contributed by atoms with Crippen LogP contribution in [0.25, 0.3) is 4.48 Å². The minimum atomic E-state index is 0.593. The monoisotopic (exact) mass is 282 g/mol. The van der Waals surface area contributed by atoms with Crippen LogP contribution in [0, 0.1) is 5.92 Å². The molecule has 4 nitrogen and oxygen atoms in total. The van der Waals surface area contributed by atoms with Gasteiger partial charge in [0.1, 0.15) is 0 Å². The highest BCUT2D eigenvalue weighted by Crippen LogP contribution is 2.39. The SMILES string of the molecule is CC(C1CC1)N1C=C(Br)c2[nH]nc(N)c2C1. The molecule has 0 amide bonds. The number of aromatic amines is 1. The average Bonchev–Trinajstić information content (AvgIpc) is 3.04. The Morgan fingerprint density at radius 2 is 2.38 bits per heavy atom. The Morgan fingerprint density at radius 1 is 1.62 bits per heavy atom. The summed E-state index contributed by atoms with van der Waals surface area (Å²) in [4.78, 5) is 2.36. The quantitative estimate of drug-likeness (QED) is 0.875. The van der Waals surface area contributed by atoms with E-state index >= 15 is 0 Å². The molecule has 1 aromatic rings. The second kappa shape index (κ2) is 3.52. The van der Waals surface area contributed by atoms with E-state index in [4.69, 9.17) is 5.73 Å². The first-order valence-electron chi connectivity index (χ1n) is 5.63. The van der Waals surface area contributed by atoms with Crippen LogP contribution >= 0.6 is 15.9 Å². The van der Waals surface area contributed by atoms with Crippen molar-refractivity contribution in [1.82, 2.24) is 15.1 Å². The Kier molecular flexibility index (Phi) is 2.24. The summed E-state index contributed by atoms with van der Waals surface area (Å²) < 4.78 is 1.05. The summed E-state index contributed by atoms with van der Waals surface area (Å²) in [7, 11) is 0. The molecule has 0 bridgehead atoms. The van der Waals surface area contributed by atoms with Crippen molar-refractivity contribution in [2.24, 2.45) is 5.92 Å². The summed E-state index contributed by atoms with van der Waals surface area (Å²) in [5.41, 5.74) is 8.00. The highest BCUT2D eigenvalue weighted by Gasteiger charge is 2.33. The van der Waals surface area contributed by atoms with Crippen LogP contribution < -0.4 is 5.73 Å². The minimum absolute atomic E-state index is 0.593. The molecule has 86 valence electrons. The number of H-pyrrole nitrogens is 1. The number of nitrogens with zero attached hydrogens (tertiary/aromatic N) is 2. The predicted octanol–water partition coefficient (Wildman–Crippen LogP) is 2.30. The van der Waals surface area contributed by atoms with Gasteiger partial charge in [0.2, 0.25) is 0 Å². The lowest BCUT2D eigenvalue weighted by atomic mass is 10.1. The molecule has 0 aromatic carbocycles. The first-order chi connectivity index (χ1) is 7.66. The molecule has 0 saturated heterocycles. The highest BCUT2D eigenvalue weighted by molar-refractivity contribution is 9.15. The number of anilines is 1. The maximum atomic E-state index is 5.86. The number of nitrogen functional groups attached to an aromatic ring is 1.